The van der Waals surface area contributed by atoms with Gasteiger partial charge in [0.25, 0.3) is 5.91 Å². The Morgan fingerprint density at radius 1 is 1.32 bits per heavy atom. The molecule has 0 spiro atoms. The zero-order valence-corrected chi connectivity index (χ0v) is 14.9. The maximum atomic E-state index is 12.4. The number of aromatic nitrogens is 3. The first-order valence-corrected chi connectivity index (χ1v) is 8.77. The van der Waals surface area contributed by atoms with Crippen molar-refractivity contribution in [2.45, 2.75) is 24.9 Å². The molecular formula is C18H26N6O. The summed E-state index contributed by atoms with van der Waals surface area (Å²) in [6.45, 7) is 2.48. The summed E-state index contributed by atoms with van der Waals surface area (Å²) in [4.78, 5) is 14.5. The number of nitrogens with zero attached hydrogens (tertiary/aromatic N) is 4. The normalized spacial score (nSPS) is 16.8. The van der Waals surface area contributed by atoms with Crippen LogP contribution in [0.15, 0.2) is 36.5 Å². The number of rotatable bonds is 6. The predicted molar refractivity (Wildman–Crippen MR) is 96.4 cm³/mol. The number of benzene rings is 1. The van der Waals surface area contributed by atoms with Crippen molar-refractivity contribution in [3.05, 3.63) is 47.8 Å². The van der Waals surface area contributed by atoms with E-state index in [0.717, 1.165) is 25.9 Å². The molecule has 2 heterocycles. The van der Waals surface area contributed by atoms with Gasteiger partial charge in [-0.05, 0) is 45.6 Å². The summed E-state index contributed by atoms with van der Waals surface area (Å²) in [5, 5.41) is 14.5. The van der Waals surface area contributed by atoms with Crippen molar-refractivity contribution < 1.29 is 4.79 Å². The number of hydrogen-bond donors (Lipinski definition) is 2. The van der Waals surface area contributed by atoms with E-state index in [-0.39, 0.29) is 11.9 Å². The average molecular weight is 342 g/mol. The zero-order valence-electron chi connectivity index (χ0n) is 14.9. The van der Waals surface area contributed by atoms with E-state index in [9.17, 15) is 4.79 Å². The molecule has 1 unspecified atom stereocenters. The number of likely N-dealkylation sites (N-methyl/N-ethyl adjacent to an activating group) is 1. The number of amides is 1. The van der Waals surface area contributed by atoms with Crippen LogP contribution in [-0.2, 0) is 0 Å². The highest BCUT2D eigenvalue weighted by molar-refractivity contribution is 5.91. The maximum Gasteiger partial charge on any atom is 0.273 e. The lowest BCUT2D eigenvalue weighted by atomic mass is 10.1. The van der Waals surface area contributed by atoms with E-state index in [1.165, 1.54) is 5.56 Å². The number of carbonyl (C=O) groups is 1. The lowest BCUT2D eigenvalue weighted by molar-refractivity contribution is 0.0937. The van der Waals surface area contributed by atoms with E-state index >= 15 is 0 Å². The van der Waals surface area contributed by atoms with E-state index in [1.54, 1.807) is 6.20 Å². The third kappa shape index (κ3) is 4.43. The van der Waals surface area contributed by atoms with Crippen LogP contribution in [0, 0.1) is 0 Å². The van der Waals surface area contributed by atoms with Crippen LogP contribution >= 0.6 is 0 Å². The van der Waals surface area contributed by atoms with Crippen molar-refractivity contribution in [2.24, 2.45) is 0 Å². The highest BCUT2D eigenvalue weighted by Gasteiger charge is 2.20. The minimum Gasteiger partial charge on any atom is -0.349 e. The van der Waals surface area contributed by atoms with Crippen molar-refractivity contribution in [1.29, 1.82) is 0 Å². The van der Waals surface area contributed by atoms with Crippen molar-refractivity contribution in [1.82, 2.24) is 30.5 Å². The monoisotopic (exact) mass is 342 g/mol. The Morgan fingerprint density at radius 2 is 2.04 bits per heavy atom. The number of piperidine rings is 1. The average Bonchev–Trinajstić information content (AvgIpc) is 3.13. The SMILES string of the molecule is CN(C)C(CNC(=O)c1cn(C2CCNCC2)nn1)c1ccccc1. The van der Waals surface area contributed by atoms with Gasteiger partial charge in [-0.15, -0.1) is 5.10 Å². The first kappa shape index (κ1) is 17.6. The molecule has 0 bridgehead atoms. The van der Waals surface area contributed by atoms with Crippen molar-refractivity contribution in [2.75, 3.05) is 33.7 Å². The summed E-state index contributed by atoms with van der Waals surface area (Å²) in [5.41, 5.74) is 1.55. The highest BCUT2D eigenvalue weighted by Crippen LogP contribution is 2.18. The van der Waals surface area contributed by atoms with E-state index in [4.69, 9.17) is 0 Å². The molecule has 0 aliphatic carbocycles. The third-order valence-electron chi connectivity index (χ3n) is 4.69. The van der Waals surface area contributed by atoms with Crippen molar-refractivity contribution in [3.8, 4) is 0 Å². The van der Waals surface area contributed by atoms with Gasteiger partial charge in [0.15, 0.2) is 5.69 Å². The maximum absolute atomic E-state index is 12.4. The molecule has 0 radical (unpaired) electrons. The number of hydrogen-bond acceptors (Lipinski definition) is 5. The second-order valence-electron chi connectivity index (χ2n) is 6.67. The van der Waals surface area contributed by atoms with Crippen LogP contribution in [0.1, 0.15) is 41.0 Å². The van der Waals surface area contributed by atoms with Gasteiger partial charge in [0.1, 0.15) is 0 Å². The van der Waals surface area contributed by atoms with Crippen LogP contribution in [0.3, 0.4) is 0 Å². The Bertz CT molecular complexity index is 678. The van der Waals surface area contributed by atoms with Gasteiger partial charge in [-0.2, -0.15) is 0 Å². The first-order valence-electron chi connectivity index (χ1n) is 8.77. The van der Waals surface area contributed by atoms with Gasteiger partial charge >= 0.3 is 0 Å². The molecule has 2 aromatic rings. The van der Waals surface area contributed by atoms with E-state index < -0.39 is 0 Å². The molecule has 134 valence electrons. The van der Waals surface area contributed by atoms with Gasteiger partial charge in [0.2, 0.25) is 0 Å². The fourth-order valence-corrected chi connectivity index (χ4v) is 3.18. The van der Waals surface area contributed by atoms with Crippen molar-refractivity contribution >= 4 is 5.91 Å². The summed E-state index contributed by atoms with van der Waals surface area (Å²) in [6, 6.07) is 10.6. The fourth-order valence-electron chi connectivity index (χ4n) is 3.18. The molecule has 0 saturated carbocycles. The summed E-state index contributed by atoms with van der Waals surface area (Å²) in [5.74, 6) is -0.178. The molecule has 1 aromatic heterocycles. The van der Waals surface area contributed by atoms with Gasteiger partial charge in [0.05, 0.1) is 18.3 Å². The van der Waals surface area contributed by atoms with E-state index in [0.29, 0.717) is 18.3 Å². The number of carbonyl (C=O) groups excluding carboxylic acids is 1. The Hall–Kier alpha value is -2.25. The summed E-state index contributed by atoms with van der Waals surface area (Å²) in [7, 11) is 4.02. The molecule has 1 aliphatic rings. The smallest absolute Gasteiger partial charge is 0.273 e. The Balaban J connectivity index is 1.61. The fraction of sp³-hybridized carbons (Fsp3) is 0.500. The van der Waals surface area contributed by atoms with Crippen molar-refractivity contribution in [3.63, 3.8) is 0 Å². The lowest BCUT2D eigenvalue weighted by Crippen LogP contribution is -2.34. The minimum atomic E-state index is -0.178. The zero-order chi connectivity index (χ0) is 17.6. The Kier molecular flexibility index (Phi) is 5.78. The largest absolute Gasteiger partial charge is 0.349 e. The van der Waals surface area contributed by atoms with Gasteiger partial charge in [-0.3, -0.25) is 4.79 Å². The molecule has 1 aliphatic heterocycles. The molecule has 7 heteroatoms. The summed E-state index contributed by atoms with van der Waals surface area (Å²) < 4.78 is 1.83. The number of nitrogens with one attached hydrogen (secondary N) is 2. The molecule has 1 fully saturated rings. The molecule has 3 rings (SSSR count). The molecule has 1 amide bonds. The second kappa shape index (κ2) is 8.22. The van der Waals surface area contributed by atoms with Crippen LogP contribution in [0.4, 0.5) is 0 Å². The Labute approximate surface area is 148 Å². The highest BCUT2D eigenvalue weighted by atomic mass is 16.2. The summed E-state index contributed by atoms with van der Waals surface area (Å²) in [6.07, 6.45) is 3.79. The van der Waals surface area contributed by atoms with Gasteiger partial charge in [-0.1, -0.05) is 35.5 Å². The lowest BCUT2D eigenvalue weighted by Gasteiger charge is -2.25. The van der Waals surface area contributed by atoms with Crippen LogP contribution in [0.2, 0.25) is 0 Å². The topological polar surface area (TPSA) is 75.1 Å². The molecule has 25 heavy (non-hydrogen) atoms. The van der Waals surface area contributed by atoms with Crippen LogP contribution in [0.25, 0.3) is 0 Å². The molecule has 1 atom stereocenters. The van der Waals surface area contributed by atoms with E-state index in [1.807, 2.05) is 37.0 Å². The predicted octanol–water partition coefficient (Wildman–Crippen LogP) is 1.24. The second-order valence-corrected chi connectivity index (χ2v) is 6.67. The minimum absolute atomic E-state index is 0.115. The molecule has 1 aromatic carbocycles. The van der Waals surface area contributed by atoms with Crippen LogP contribution < -0.4 is 10.6 Å². The molecule has 1 saturated heterocycles. The van der Waals surface area contributed by atoms with Gasteiger partial charge < -0.3 is 15.5 Å². The first-order chi connectivity index (χ1) is 12.1. The van der Waals surface area contributed by atoms with Crippen LogP contribution in [-0.4, -0.2) is 59.5 Å². The van der Waals surface area contributed by atoms with E-state index in [2.05, 4.69) is 38.0 Å². The molecule has 2 N–H and O–H groups in total. The van der Waals surface area contributed by atoms with Gasteiger partial charge in [-0.25, -0.2) is 4.68 Å². The third-order valence-corrected chi connectivity index (χ3v) is 4.69. The van der Waals surface area contributed by atoms with Crippen LogP contribution in [0.5, 0.6) is 0 Å². The summed E-state index contributed by atoms with van der Waals surface area (Å²) >= 11 is 0. The molecular weight excluding hydrogens is 316 g/mol. The standard InChI is InChI=1S/C18H26N6O/c1-23(2)17(14-6-4-3-5-7-14)12-20-18(25)16-13-24(22-21-16)15-8-10-19-11-9-15/h3-7,13,15,17,19H,8-12H2,1-2H3,(H,20,25). The molecule has 7 nitrogen and oxygen atoms in total. The quantitative estimate of drug-likeness (QED) is 0.826. The van der Waals surface area contributed by atoms with Gasteiger partial charge in [0, 0.05) is 6.54 Å². The Morgan fingerprint density at radius 3 is 2.72 bits per heavy atom.